The molecule has 1 aromatic carbocycles. The lowest BCUT2D eigenvalue weighted by molar-refractivity contribution is 0.618. The summed E-state index contributed by atoms with van der Waals surface area (Å²) in [7, 11) is 0. The Morgan fingerprint density at radius 2 is 2.21 bits per heavy atom. The van der Waals surface area contributed by atoms with Crippen molar-refractivity contribution in [3.8, 4) is 6.07 Å². The van der Waals surface area contributed by atoms with Crippen LogP contribution in [-0.2, 0) is 5.41 Å². The summed E-state index contributed by atoms with van der Waals surface area (Å²) in [5, 5.41) is 9.19. The van der Waals surface area contributed by atoms with E-state index < -0.39 is 5.41 Å². The molecule has 0 fully saturated rings. The standard InChI is InChI=1S/C12H12IN/c1-3-8-12(2,9-14)10-6-4-5-7-11(10)13/h3-7H,1,8H2,2H3. The number of nitrogens with zero attached hydrogens (tertiary/aromatic N) is 1. The summed E-state index contributed by atoms with van der Waals surface area (Å²) >= 11 is 2.26. The minimum Gasteiger partial charge on any atom is -0.197 e. The minimum absolute atomic E-state index is 0.445. The zero-order chi connectivity index (χ0) is 10.6. The van der Waals surface area contributed by atoms with Gasteiger partial charge in [0.05, 0.1) is 11.5 Å². The van der Waals surface area contributed by atoms with Gasteiger partial charge in [-0.05, 0) is 47.6 Å². The molecule has 0 spiro atoms. The van der Waals surface area contributed by atoms with E-state index in [2.05, 4.69) is 35.2 Å². The van der Waals surface area contributed by atoms with E-state index in [0.29, 0.717) is 6.42 Å². The van der Waals surface area contributed by atoms with E-state index in [1.165, 1.54) is 0 Å². The van der Waals surface area contributed by atoms with Crippen LogP contribution in [0.25, 0.3) is 0 Å². The third kappa shape index (κ3) is 2.16. The Labute approximate surface area is 98.6 Å². The zero-order valence-electron chi connectivity index (χ0n) is 8.13. The molecule has 0 bridgehead atoms. The molecule has 0 aliphatic heterocycles. The fourth-order valence-electron chi connectivity index (χ4n) is 1.41. The second kappa shape index (κ2) is 4.61. The van der Waals surface area contributed by atoms with Crippen LogP contribution in [0.5, 0.6) is 0 Å². The van der Waals surface area contributed by atoms with Crippen molar-refractivity contribution in [3.05, 3.63) is 46.1 Å². The van der Waals surface area contributed by atoms with Gasteiger partial charge in [0.2, 0.25) is 0 Å². The van der Waals surface area contributed by atoms with E-state index >= 15 is 0 Å². The zero-order valence-corrected chi connectivity index (χ0v) is 10.3. The average molecular weight is 297 g/mol. The van der Waals surface area contributed by atoms with Crippen LogP contribution in [0.3, 0.4) is 0 Å². The maximum Gasteiger partial charge on any atom is 0.0838 e. The molecule has 1 unspecified atom stereocenters. The fraction of sp³-hybridized carbons (Fsp3) is 0.250. The number of halogens is 1. The molecule has 1 atom stereocenters. The fourth-order valence-corrected chi connectivity index (χ4v) is 2.40. The van der Waals surface area contributed by atoms with E-state index in [1.807, 2.05) is 31.2 Å². The van der Waals surface area contributed by atoms with Crippen molar-refractivity contribution < 1.29 is 0 Å². The minimum atomic E-state index is -0.445. The molecular weight excluding hydrogens is 285 g/mol. The maximum atomic E-state index is 9.19. The third-order valence-electron chi connectivity index (χ3n) is 2.27. The summed E-state index contributed by atoms with van der Waals surface area (Å²) in [5.41, 5.74) is 0.641. The smallest absolute Gasteiger partial charge is 0.0838 e. The first kappa shape index (κ1) is 11.3. The summed E-state index contributed by atoms with van der Waals surface area (Å²) in [5.74, 6) is 0. The second-order valence-corrected chi connectivity index (χ2v) is 4.58. The van der Waals surface area contributed by atoms with Crippen LogP contribution < -0.4 is 0 Å². The van der Waals surface area contributed by atoms with Crippen molar-refractivity contribution in [1.82, 2.24) is 0 Å². The molecule has 14 heavy (non-hydrogen) atoms. The van der Waals surface area contributed by atoms with Crippen LogP contribution in [0.15, 0.2) is 36.9 Å². The van der Waals surface area contributed by atoms with Gasteiger partial charge in [-0.1, -0.05) is 24.3 Å². The number of benzene rings is 1. The van der Waals surface area contributed by atoms with E-state index in [9.17, 15) is 5.26 Å². The summed E-state index contributed by atoms with van der Waals surface area (Å²) in [6, 6.07) is 10.3. The van der Waals surface area contributed by atoms with Crippen LogP contribution in [0, 0.1) is 14.9 Å². The van der Waals surface area contributed by atoms with Gasteiger partial charge in [-0.3, -0.25) is 0 Å². The van der Waals surface area contributed by atoms with Crippen molar-refractivity contribution >= 4 is 22.6 Å². The first-order chi connectivity index (χ1) is 6.64. The first-order valence-electron chi connectivity index (χ1n) is 4.41. The molecule has 72 valence electrons. The highest BCUT2D eigenvalue weighted by atomic mass is 127. The van der Waals surface area contributed by atoms with Gasteiger partial charge < -0.3 is 0 Å². The monoisotopic (exact) mass is 297 g/mol. The van der Waals surface area contributed by atoms with Crippen molar-refractivity contribution in [1.29, 1.82) is 5.26 Å². The molecule has 0 radical (unpaired) electrons. The summed E-state index contributed by atoms with van der Waals surface area (Å²) < 4.78 is 1.14. The molecule has 0 amide bonds. The topological polar surface area (TPSA) is 23.8 Å². The van der Waals surface area contributed by atoms with Crippen molar-refractivity contribution in [3.63, 3.8) is 0 Å². The number of nitriles is 1. The lowest BCUT2D eigenvalue weighted by Crippen LogP contribution is -2.19. The maximum absolute atomic E-state index is 9.19. The van der Waals surface area contributed by atoms with E-state index in [1.54, 1.807) is 6.08 Å². The molecule has 2 heteroatoms. The van der Waals surface area contributed by atoms with Crippen LogP contribution in [-0.4, -0.2) is 0 Å². The summed E-state index contributed by atoms with van der Waals surface area (Å²) in [6.07, 6.45) is 2.48. The highest BCUT2D eigenvalue weighted by Crippen LogP contribution is 2.30. The molecule has 1 nitrogen and oxygen atoms in total. The lowest BCUT2D eigenvalue weighted by Gasteiger charge is -2.21. The van der Waals surface area contributed by atoms with Crippen molar-refractivity contribution in [2.45, 2.75) is 18.8 Å². The van der Waals surface area contributed by atoms with Crippen LogP contribution >= 0.6 is 22.6 Å². The predicted molar refractivity (Wildman–Crippen MR) is 66.9 cm³/mol. The van der Waals surface area contributed by atoms with Gasteiger partial charge in [-0.2, -0.15) is 5.26 Å². The van der Waals surface area contributed by atoms with Gasteiger partial charge >= 0.3 is 0 Å². The molecular formula is C12H12IN. The molecule has 0 N–H and O–H groups in total. The Morgan fingerprint density at radius 1 is 1.57 bits per heavy atom. The normalized spacial score (nSPS) is 14.1. The Hall–Kier alpha value is -0.820. The van der Waals surface area contributed by atoms with E-state index in [4.69, 9.17) is 0 Å². The average Bonchev–Trinajstić information content (AvgIpc) is 2.18. The van der Waals surface area contributed by atoms with Gasteiger partial charge in [-0.25, -0.2) is 0 Å². The van der Waals surface area contributed by atoms with Gasteiger partial charge in [0.1, 0.15) is 0 Å². The van der Waals surface area contributed by atoms with Crippen molar-refractivity contribution in [2.24, 2.45) is 0 Å². The van der Waals surface area contributed by atoms with Gasteiger partial charge in [0.25, 0.3) is 0 Å². The Balaban J connectivity index is 3.20. The number of allylic oxidation sites excluding steroid dienone is 1. The molecule has 0 aromatic heterocycles. The third-order valence-corrected chi connectivity index (χ3v) is 3.21. The Morgan fingerprint density at radius 3 is 2.71 bits per heavy atom. The number of hydrogen-bond acceptors (Lipinski definition) is 1. The first-order valence-corrected chi connectivity index (χ1v) is 5.49. The largest absolute Gasteiger partial charge is 0.197 e. The van der Waals surface area contributed by atoms with Gasteiger partial charge in [-0.15, -0.1) is 6.58 Å². The highest BCUT2D eigenvalue weighted by molar-refractivity contribution is 14.1. The molecule has 0 saturated heterocycles. The number of rotatable bonds is 3. The highest BCUT2D eigenvalue weighted by Gasteiger charge is 2.26. The molecule has 0 heterocycles. The summed E-state index contributed by atoms with van der Waals surface area (Å²) in [4.78, 5) is 0. The molecule has 1 aromatic rings. The van der Waals surface area contributed by atoms with Crippen LogP contribution in [0.2, 0.25) is 0 Å². The second-order valence-electron chi connectivity index (χ2n) is 3.42. The SMILES string of the molecule is C=CCC(C)(C#N)c1ccccc1I. The quantitative estimate of drug-likeness (QED) is 0.617. The van der Waals surface area contributed by atoms with E-state index in [-0.39, 0.29) is 0 Å². The van der Waals surface area contributed by atoms with Crippen LogP contribution in [0.4, 0.5) is 0 Å². The Kier molecular flexibility index (Phi) is 3.70. The van der Waals surface area contributed by atoms with Gasteiger partial charge in [0.15, 0.2) is 0 Å². The Bertz CT molecular complexity index is 378. The molecule has 0 aliphatic rings. The van der Waals surface area contributed by atoms with Gasteiger partial charge in [0, 0.05) is 3.57 Å². The van der Waals surface area contributed by atoms with Crippen LogP contribution in [0.1, 0.15) is 18.9 Å². The molecule has 1 rings (SSSR count). The summed E-state index contributed by atoms with van der Waals surface area (Å²) in [6.45, 7) is 5.65. The van der Waals surface area contributed by atoms with Crippen molar-refractivity contribution in [2.75, 3.05) is 0 Å². The number of hydrogen-bond donors (Lipinski definition) is 0. The predicted octanol–water partition coefficient (Wildman–Crippen LogP) is 3.65. The molecule has 0 aliphatic carbocycles. The lowest BCUT2D eigenvalue weighted by atomic mass is 9.81. The van der Waals surface area contributed by atoms with E-state index in [0.717, 1.165) is 9.13 Å². The molecule has 0 saturated carbocycles.